The minimum Gasteiger partial charge on any atom is -0.325 e. The van der Waals surface area contributed by atoms with Gasteiger partial charge in [0.25, 0.3) is 0 Å². The van der Waals surface area contributed by atoms with Crippen molar-refractivity contribution in [3.63, 3.8) is 0 Å². The molecule has 3 aromatic heterocycles. The maximum Gasteiger partial charge on any atom is 0.416 e. The van der Waals surface area contributed by atoms with Crippen LogP contribution in [0.25, 0.3) is 17.1 Å². The largest absolute Gasteiger partial charge is 0.416 e. The third kappa shape index (κ3) is 4.62. The van der Waals surface area contributed by atoms with Crippen molar-refractivity contribution in [3.8, 4) is 17.1 Å². The molecule has 0 aliphatic heterocycles. The van der Waals surface area contributed by atoms with Crippen molar-refractivity contribution in [1.82, 2.24) is 29.5 Å². The lowest BCUT2D eigenvalue weighted by Crippen LogP contribution is -2.09. The van der Waals surface area contributed by atoms with Crippen LogP contribution in [-0.4, -0.2) is 29.5 Å². The first-order chi connectivity index (χ1) is 16.6. The molecule has 5 rings (SSSR count). The van der Waals surface area contributed by atoms with E-state index in [1.165, 1.54) is 18.5 Å². The summed E-state index contributed by atoms with van der Waals surface area (Å²) in [6.07, 6.45) is -0.684. The van der Waals surface area contributed by atoms with Gasteiger partial charge in [0.05, 0.1) is 27.7 Å². The first-order valence-electron chi connectivity index (χ1n) is 11.2. The molecule has 4 aromatic rings. The molecule has 1 aromatic carbocycles. The fraction of sp³-hybridized carbons (Fsp3) is 0.333. The summed E-state index contributed by atoms with van der Waals surface area (Å²) in [5.74, 6) is 2.37. The van der Waals surface area contributed by atoms with E-state index in [0.29, 0.717) is 39.5 Å². The molecule has 1 aliphatic rings. The molecular weight excluding hydrogens is 479 g/mol. The number of rotatable bonds is 6. The SMILES string of the molecule is Cc1nn(-c2cc(Nc3c(C)c(-c4ccc(C(F)(F)F)cc4)nn3CC3CC3)ncn2)c(C)c1Cl. The molecule has 1 fully saturated rings. The van der Waals surface area contributed by atoms with Crippen LogP contribution in [0.1, 0.15) is 35.4 Å². The number of halogens is 4. The van der Waals surface area contributed by atoms with Crippen LogP contribution in [0, 0.1) is 26.7 Å². The molecule has 1 aliphatic carbocycles. The molecule has 0 bridgehead atoms. The zero-order valence-corrected chi connectivity index (χ0v) is 20.1. The second kappa shape index (κ2) is 8.67. The predicted octanol–water partition coefficient (Wildman–Crippen LogP) is 6.28. The van der Waals surface area contributed by atoms with E-state index in [1.807, 2.05) is 25.5 Å². The zero-order valence-electron chi connectivity index (χ0n) is 19.4. The minimum absolute atomic E-state index is 0.535. The minimum atomic E-state index is -4.38. The van der Waals surface area contributed by atoms with E-state index in [9.17, 15) is 13.2 Å². The summed E-state index contributed by atoms with van der Waals surface area (Å²) in [5.41, 5.74) is 2.85. The third-order valence-electron chi connectivity index (χ3n) is 6.12. The standard InChI is InChI=1S/C24H23ClF3N7/c1-13-22(17-6-8-18(9-7-17)24(26,27)28)33-34(11-16-4-5-16)23(13)31-19-10-20(30-12-29-19)35-15(3)21(25)14(2)32-35/h6-10,12,16H,4-5,11H2,1-3H3,(H,29,30,31). The zero-order chi connectivity index (χ0) is 24.9. The van der Waals surface area contributed by atoms with Crippen LogP contribution >= 0.6 is 11.6 Å². The monoisotopic (exact) mass is 501 g/mol. The van der Waals surface area contributed by atoms with Crippen molar-refractivity contribution in [2.75, 3.05) is 5.32 Å². The van der Waals surface area contributed by atoms with E-state index in [-0.39, 0.29) is 0 Å². The van der Waals surface area contributed by atoms with Gasteiger partial charge in [-0.05, 0) is 51.7 Å². The quantitative estimate of drug-likeness (QED) is 0.337. The molecule has 0 unspecified atom stereocenters. The fourth-order valence-corrected chi connectivity index (χ4v) is 4.10. The number of nitrogens with one attached hydrogen (secondary N) is 1. The van der Waals surface area contributed by atoms with Crippen LogP contribution in [0.4, 0.5) is 24.8 Å². The Kier molecular flexibility index (Phi) is 5.79. The molecule has 1 N–H and O–H groups in total. The van der Waals surface area contributed by atoms with Gasteiger partial charge in [0.1, 0.15) is 18.0 Å². The molecule has 0 saturated heterocycles. The van der Waals surface area contributed by atoms with Crippen molar-refractivity contribution in [2.24, 2.45) is 5.92 Å². The van der Waals surface area contributed by atoms with Gasteiger partial charge in [0.2, 0.25) is 0 Å². The summed E-state index contributed by atoms with van der Waals surface area (Å²) >= 11 is 6.29. The molecular formula is C24H23ClF3N7. The average Bonchev–Trinajstić information content (AvgIpc) is 3.55. The van der Waals surface area contributed by atoms with Crippen molar-refractivity contribution < 1.29 is 13.2 Å². The second-order valence-corrected chi connectivity index (χ2v) is 9.18. The van der Waals surface area contributed by atoms with Gasteiger partial charge in [-0.15, -0.1) is 0 Å². The van der Waals surface area contributed by atoms with Crippen LogP contribution in [0.3, 0.4) is 0 Å². The van der Waals surface area contributed by atoms with Gasteiger partial charge in [0, 0.05) is 23.7 Å². The molecule has 35 heavy (non-hydrogen) atoms. The van der Waals surface area contributed by atoms with Gasteiger partial charge in [-0.1, -0.05) is 23.7 Å². The Bertz CT molecular complexity index is 1390. The molecule has 11 heteroatoms. The van der Waals surface area contributed by atoms with E-state index in [0.717, 1.165) is 48.6 Å². The molecule has 182 valence electrons. The fourth-order valence-electron chi connectivity index (χ4n) is 3.98. The lowest BCUT2D eigenvalue weighted by atomic mass is 10.1. The van der Waals surface area contributed by atoms with Crippen LogP contribution in [0.15, 0.2) is 36.7 Å². The van der Waals surface area contributed by atoms with Crippen molar-refractivity contribution in [2.45, 2.75) is 46.3 Å². The summed E-state index contributed by atoms with van der Waals surface area (Å²) in [6, 6.07) is 6.84. The van der Waals surface area contributed by atoms with Crippen molar-refractivity contribution in [1.29, 1.82) is 0 Å². The maximum atomic E-state index is 13.0. The molecule has 0 amide bonds. The summed E-state index contributed by atoms with van der Waals surface area (Å²) in [4.78, 5) is 8.68. The van der Waals surface area contributed by atoms with Crippen molar-refractivity contribution >= 4 is 23.2 Å². The van der Waals surface area contributed by atoms with Gasteiger partial charge in [-0.2, -0.15) is 23.4 Å². The Morgan fingerprint density at radius 1 is 1.06 bits per heavy atom. The number of aromatic nitrogens is 6. The first kappa shape index (κ1) is 23.3. The summed E-state index contributed by atoms with van der Waals surface area (Å²) < 4.78 is 42.6. The van der Waals surface area contributed by atoms with Gasteiger partial charge >= 0.3 is 6.18 Å². The highest BCUT2D eigenvalue weighted by Crippen LogP contribution is 2.37. The molecule has 1 saturated carbocycles. The van der Waals surface area contributed by atoms with E-state index in [1.54, 1.807) is 10.7 Å². The summed E-state index contributed by atoms with van der Waals surface area (Å²) in [5, 5.41) is 13.1. The lowest BCUT2D eigenvalue weighted by Gasteiger charge is -2.11. The lowest BCUT2D eigenvalue weighted by molar-refractivity contribution is -0.137. The predicted molar refractivity (Wildman–Crippen MR) is 127 cm³/mol. The normalized spacial score (nSPS) is 13.9. The van der Waals surface area contributed by atoms with Gasteiger partial charge < -0.3 is 5.32 Å². The van der Waals surface area contributed by atoms with Gasteiger partial charge in [-0.3, -0.25) is 0 Å². The highest BCUT2D eigenvalue weighted by Gasteiger charge is 2.30. The number of anilines is 2. The number of benzene rings is 1. The van der Waals surface area contributed by atoms with E-state index < -0.39 is 11.7 Å². The Balaban J connectivity index is 1.50. The Morgan fingerprint density at radius 3 is 2.37 bits per heavy atom. The molecule has 3 heterocycles. The van der Waals surface area contributed by atoms with Gasteiger partial charge in [0.15, 0.2) is 5.82 Å². The number of nitrogens with zero attached hydrogens (tertiary/aromatic N) is 6. The summed E-state index contributed by atoms with van der Waals surface area (Å²) in [7, 11) is 0. The molecule has 7 nitrogen and oxygen atoms in total. The topological polar surface area (TPSA) is 73.5 Å². The average molecular weight is 502 g/mol. The van der Waals surface area contributed by atoms with E-state index in [2.05, 4.69) is 20.4 Å². The Labute approximate surface area is 205 Å². The Hall–Kier alpha value is -3.40. The van der Waals surface area contributed by atoms with E-state index >= 15 is 0 Å². The third-order valence-corrected chi connectivity index (χ3v) is 6.67. The highest BCUT2D eigenvalue weighted by molar-refractivity contribution is 6.31. The first-order valence-corrected chi connectivity index (χ1v) is 11.6. The van der Waals surface area contributed by atoms with Crippen molar-refractivity contribution in [3.05, 3.63) is 64.2 Å². The maximum absolute atomic E-state index is 13.0. The molecule has 0 spiro atoms. The van der Waals surface area contributed by atoms with Crippen LogP contribution in [0.5, 0.6) is 0 Å². The van der Waals surface area contributed by atoms with Gasteiger partial charge in [-0.25, -0.2) is 19.3 Å². The molecule has 0 radical (unpaired) electrons. The number of hydrogen-bond donors (Lipinski definition) is 1. The van der Waals surface area contributed by atoms with Crippen LogP contribution in [0.2, 0.25) is 5.02 Å². The Morgan fingerprint density at radius 2 is 1.77 bits per heavy atom. The number of hydrogen-bond acceptors (Lipinski definition) is 5. The van der Waals surface area contributed by atoms with Crippen LogP contribution in [-0.2, 0) is 12.7 Å². The molecule has 0 atom stereocenters. The van der Waals surface area contributed by atoms with E-state index in [4.69, 9.17) is 16.7 Å². The summed E-state index contributed by atoms with van der Waals surface area (Å²) in [6.45, 7) is 6.31. The highest BCUT2D eigenvalue weighted by atomic mass is 35.5. The number of aryl methyl sites for hydroxylation is 1. The van der Waals surface area contributed by atoms with Crippen LogP contribution < -0.4 is 5.32 Å². The second-order valence-electron chi connectivity index (χ2n) is 8.81. The smallest absolute Gasteiger partial charge is 0.325 e. The number of alkyl halides is 3.